The van der Waals surface area contributed by atoms with Gasteiger partial charge in [0.05, 0.1) is 38.5 Å². The van der Waals surface area contributed by atoms with Gasteiger partial charge in [0, 0.05) is 26.2 Å². The second kappa shape index (κ2) is 7.09. The minimum absolute atomic E-state index is 0.0364. The number of hydrogen-bond acceptors (Lipinski definition) is 4. The Kier molecular flexibility index (Phi) is 4.69. The maximum atomic E-state index is 12.6. The van der Waals surface area contributed by atoms with E-state index in [1.807, 2.05) is 4.90 Å². The fraction of sp³-hybridized carbons (Fsp3) is 0.611. The largest absolute Gasteiger partial charge is 0.379 e. The van der Waals surface area contributed by atoms with E-state index in [0.717, 1.165) is 32.7 Å². The number of amides is 2. The summed E-state index contributed by atoms with van der Waals surface area (Å²) in [5.41, 5.74) is 2.70. The summed E-state index contributed by atoms with van der Waals surface area (Å²) in [6.07, 6.45) is 0.897. The minimum Gasteiger partial charge on any atom is -0.379 e. The van der Waals surface area contributed by atoms with E-state index >= 15 is 0 Å². The molecule has 2 heterocycles. The molecular formula is C18H25N3O3. The number of urea groups is 1. The van der Waals surface area contributed by atoms with Crippen LogP contribution in [0.2, 0.25) is 0 Å². The van der Waals surface area contributed by atoms with Gasteiger partial charge in [-0.25, -0.2) is 4.79 Å². The fourth-order valence-electron chi connectivity index (χ4n) is 4.03. The first-order chi connectivity index (χ1) is 11.8. The van der Waals surface area contributed by atoms with Crippen LogP contribution in [0.1, 0.15) is 17.2 Å². The zero-order valence-corrected chi connectivity index (χ0v) is 13.9. The lowest BCUT2D eigenvalue weighted by molar-refractivity contribution is 0.00970. The van der Waals surface area contributed by atoms with Crippen LogP contribution in [0.25, 0.3) is 0 Å². The van der Waals surface area contributed by atoms with E-state index < -0.39 is 0 Å². The van der Waals surface area contributed by atoms with Crippen molar-refractivity contribution in [3.63, 3.8) is 0 Å². The van der Waals surface area contributed by atoms with Crippen molar-refractivity contribution in [1.82, 2.24) is 15.1 Å². The molecule has 3 aliphatic rings. The molecule has 0 radical (unpaired) electrons. The molecule has 2 fully saturated rings. The molecule has 0 unspecified atom stereocenters. The lowest BCUT2D eigenvalue weighted by atomic mass is 10.0. The maximum Gasteiger partial charge on any atom is 0.317 e. The molecule has 1 aromatic rings. The van der Waals surface area contributed by atoms with Crippen molar-refractivity contribution < 1.29 is 14.3 Å². The van der Waals surface area contributed by atoms with Gasteiger partial charge >= 0.3 is 6.03 Å². The van der Waals surface area contributed by atoms with Crippen molar-refractivity contribution in [1.29, 1.82) is 0 Å². The average molecular weight is 331 g/mol. The molecule has 1 N–H and O–H groups in total. The zero-order chi connectivity index (χ0) is 16.4. The van der Waals surface area contributed by atoms with Crippen molar-refractivity contribution in [2.24, 2.45) is 0 Å². The fourth-order valence-corrected chi connectivity index (χ4v) is 4.03. The Hall–Kier alpha value is -1.63. The van der Waals surface area contributed by atoms with Crippen molar-refractivity contribution in [2.75, 3.05) is 52.6 Å². The predicted molar refractivity (Wildman–Crippen MR) is 90.0 cm³/mol. The molecule has 1 aromatic carbocycles. The topological polar surface area (TPSA) is 54.0 Å². The normalized spacial score (nSPS) is 27.8. The Morgan fingerprint density at radius 2 is 1.67 bits per heavy atom. The number of nitrogens with one attached hydrogen (secondary N) is 1. The standard InChI is InChI=1S/C18H25N3O3/c22-18(21-7-11-24-12-8-21)19-16-13-14-3-1-2-4-15(14)17(16)20-5-9-23-10-6-20/h1-4,16-17H,5-13H2,(H,19,22)/t16-,17-/m1/s1. The lowest BCUT2D eigenvalue weighted by Gasteiger charge is -2.37. The molecule has 1 aliphatic carbocycles. The van der Waals surface area contributed by atoms with Crippen LogP contribution < -0.4 is 5.32 Å². The van der Waals surface area contributed by atoms with Crippen LogP contribution in [0.4, 0.5) is 4.79 Å². The number of rotatable bonds is 2. The number of fused-ring (bicyclic) bond motifs is 1. The summed E-state index contributed by atoms with van der Waals surface area (Å²) in [6, 6.07) is 8.97. The Morgan fingerprint density at radius 1 is 1.00 bits per heavy atom. The predicted octanol–water partition coefficient (Wildman–Crippen LogP) is 1.03. The number of hydrogen-bond donors (Lipinski definition) is 1. The first-order valence-electron chi connectivity index (χ1n) is 8.86. The van der Waals surface area contributed by atoms with E-state index in [1.165, 1.54) is 11.1 Å². The summed E-state index contributed by atoms with van der Waals surface area (Å²) in [7, 11) is 0. The van der Waals surface area contributed by atoms with Crippen LogP contribution in [-0.4, -0.2) is 74.5 Å². The van der Waals surface area contributed by atoms with Gasteiger partial charge in [0.2, 0.25) is 0 Å². The van der Waals surface area contributed by atoms with E-state index in [1.54, 1.807) is 0 Å². The molecule has 0 spiro atoms. The molecule has 0 saturated carbocycles. The van der Waals surface area contributed by atoms with E-state index in [-0.39, 0.29) is 18.1 Å². The van der Waals surface area contributed by atoms with Crippen molar-refractivity contribution in [3.05, 3.63) is 35.4 Å². The van der Waals surface area contributed by atoms with Crippen LogP contribution in [0.3, 0.4) is 0 Å². The highest BCUT2D eigenvalue weighted by Crippen LogP contribution is 2.36. The number of carbonyl (C=O) groups excluding carboxylic acids is 1. The molecule has 4 rings (SSSR count). The maximum absolute atomic E-state index is 12.6. The summed E-state index contributed by atoms with van der Waals surface area (Å²) in [5.74, 6) is 0. The molecule has 0 bridgehead atoms. The molecule has 130 valence electrons. The van der Waals surface area contributed by atoms with Crippen molar-refractivity contribution in [3.8, 4) is 0 Å². The van der Waals surface area contributed by atoms with Gasteiger partial charge in [0.1, 0.15) is 0 Å². The molecule has 2 amide bonds. The SMILES string of the molecule is O=C(N[C@@H]1Cc2ccccc2[C@H]1N1CCOCC1)N1CCOCC1. The van der Waals surface area contributed by atoms with Gasteiger partial charge in [-0.15, -0.1) is 0 Å². The summed E-state index contributed by atoms with van der Waals surface area (Å²) < 4.78 is 10.9. The molecule has 6 nitrogen and oxygen atoms in total. The number of morpholine rings is 2. The molecule has 24 heavy (non-hydrogen) atoms. The summed E-state index contributed by atoms with van der Waals surface area (Å²) in [4.78, 5) is 17.0. The summed E-state index contributed by atoms with van der Waals surface area (Å²) in [5, 5.41) is 3.29. The zero-order valence-electron chi connectivity index (χ0n) is 13.9. The van der Waals surface area contributed by atoms with Crippen LogP contribution in [-0.2, 0) is 15.9 Å². The summed E-state index contributed by atoms with van der Waals surface area (Å²) >= 11 is 0. The minimum atomic E-state index is 0.0364. The van der Waals surface area contributed by atoms with Gasteiger partial charge in [-0.2, -0.15) is 0 Å². The Labute approximate surface area is 142 Å². The number of nitrogens with zero attached hydrogens (tertiary/aromatic N) is 2. The summed E-state index contributed by atoms with van der Waals surface area (Å²) in [6.45, 7) is 5.98. The Morgan fingerprint density at radius 3 is 2.42 bits per heavy atom. The average Bonchev–Trinajstić information content (AvgIpc) is 3.01. The quantitative estimate of drug-likeness (QED) is 0.879. The number of benzene rings is 1. The van der Waals surface area contributed by atoms with E-state index in [2.05, 4.69) is 34.5 Å². The molecule has 2 saturated heterocycles. The number of carbonyl (C=O) groups is 1. The van der Waals surface area contributed by atoms with Crippen LogP contribution in [0.5, 0.6) is 0 Å². The van der Waals surface area contributed by atoms with Gasteiger partial charge in [-0.1, -0.05) is 24.3 Å². The first kappa shape index (κ1) is 15.9. The van der Waals surface area contributed by atoms with Crippen molar-refractivity contribution in [2.45, 2.75) is 18.5 Å². The van der Waals surface area contributed by atoms with Gasteiger partial charge < -0.3 is 19.7 Å². The highest BCUT2D eigenvalue weighted by atomic mass is 16.5. The first-order valence-corrected chi connectivity index (χ1v) is 8.86. The van der Waals surface area contributed by atoms with E-state index in [4.69, 9.17) is 9.47 Å². The van der Waals surface area contributed by atoms with Crippen LogP contribution in [0, 0.1) is 0 Å². The van der Waals surface area contributed by atoms with Crippen LogP contribution >= 0.6 is 0 Å². The third-order valence-electron chi connectivity index (χ3n) is 5.24. The molecule has 0 aromatic heterocycles. The highest BCUT2D eigenvalue weighted by molar-refractivity contribution is 5.75. The molecular weight excluding hydrogens is 306 g/mol. The van der Waals surface area contributed by atoms with Gasteiger partial charge in [-0.3, -0.25) is 4.90 Å². The second-order valence-electron chi connectivity index (χ2n) is 6.65. The molecule has 6 heteroatoms. The smallest absolute Gasteiger partial charge is 0.317 e. The van der Waals surface area contributed by atoms with E-state index in [0.29, 0.717) is 26.3 Å². The third kappa shape index (κ3) is 3.14. The molecule has 2 atom stereocenters. The highest BCUT2D eigenvalue weighted by Gasteiger charge is 2.38. The monoisotopic (exact) mass is 331 g/mol. The van der Waals surface area contributed by atoms with Crippen LogP contribution in [0.15, 0.2) is 24.3 Å². The number of ether oxygens (including phenoxy) is 2. The Bertz CT molecular complexity index is 583. The lowest BCUT2D eigenvalue weighted by Crippen LogP contribution is -2.53. The van der Waals surface area contributed by atoms with Gasteiger partial charge in [0.25, 0.3) is 0 Å². The van der Waals surface area contributed by atoms with E-state index in [9.17, 15) is 4.79 Å². The van der Waals surface area contributed by atoms with Crippen molar-refractivity contribution >= 4 is 6.03 Å². The van der Waals surface area contributed by atoms with Gasteiger partial charge in [0.15, 0.2) is 0 Å². The second-order valence-corrected chi connectivity index (χ2v) is 6.65. The Balaban J connectivity index is 1.51. The van der Waals surface area contributed by atoms with Gasteiger partial charge in [-0.05, 0) is 17.5 Å². The third-order valence-corrected chi connectivity index (χ3v) is 5.24. The molecule has 2 aliphatic heterocycles.